The van der Waals surface area contributed by atoms with E-state index in [-0.39, 0.29) is 5.41 Å². The fourth-order valence-corrected chi connectivity index (χ4v) is 10.6. The van der Waals surface area contributed by atoms with Crippen molar-refractivity contribution in [3.8, 4) is 56.4 Å². The second-order valence-corrected chi connectivity index (χ2v) is 17.4. The molecule has 3 aromatic heterocycles. The first-order valence-corrected chi connectivity index (χ1v) is 21.7. The molecule has 0 aliphatic heterocycles. The summed E-state index contributed by atoms with van der Waals surface area (Å²) in [5.41, 5.74) is 17.1. The first kappa shape index (κ1) is 35.7. The van der Waals surface area contributed by atoms with Gasteiger partial charge in [-0.2, -0.15) is 0 Å². The zero-order valence-corrected chi connectivity index (χ0v) is 34.9. The Kier molecular flexibility index (Phi) is 7.62. The van der Waals surface area contributed by atoms with E-state index in [0.29, 0.717) is 5.95 Å². The van der Waals surface area contributed by atoms with E-state index in [1.807, 2.05) is 12.1 Å². The zero-order valence-electron chi connectivity index (χ0n) is 34.9. The van der Waals surface area contributed by atoms with Crippen LogP contribution in [0.2, 0.25) is 0 Å². The lowest BCUT2D eigenvalue weighted by molar-refractivity contribution is 0.661. The molecule has 0 fully saturated rings. The van der Waals surface area contributed by atoms with Crippen LogP contribution in [-0.4, -0.2) is 19.1 Å². The van der Waals surface area contributed by atoms with E-state index in [1.54, 1.807) is 0 Å². The molecule has 12 aromatic rings. The Morgan fingerprint density at radius 3 is 1.67 bits per heavy atom. The Morgan fingerprint density at radius 2 is 0.937 bits per heavy atom. The predicted octanol–water partition coefficient (Wildman–Crippen LogP) is 15.1. The highest BCUT2D eigenvalue weighted by atomic mass is 15.2. The summed E-state index contributed by atoms with van der Waals surface area (Å²) in [4.78, 5) is 10.7. The Hall–Kier alpha value is -8.08. The second-order valence-electron chi connectivity index (χ2n) is 17.4. The van der Waals surface area contributed by atoms with Gasteiger partial charge in [0.05, 0.1) is 33.5 Å². The number of benzene rings is 9. The number of para-hydroxylation sites is 2. The molecule has 3 heterocycles. The van der Waals surface area contributed by atoms with E-state index in [2.05, 4.69) is 217 Å². The van der Waals surface area contributed by atoms with Crippen molar-refractivity contribution in [3.05, 3.63) is 217 Å². The van der Waals surface area contributed by atoms with Gasteiger partial charge in [0.2, 0.25) is 5.95 Å². The summed E-state index contributed by atoms with van der Waals surface area (Å²) >= 11 is 0. The molecule has 9 aromatic carbocycles. The number of rotatable bonds is 5. The molecule has 296 valence electrons. The zero-order chi connectivity index (χ0) is 41.8. The number of hydrogen-bond acceptors (Lipinski definition) is 2. The molecule has 0 saturated heterocycles. The SMILES string of the molecule is CC1(C)c2ccccc2-c2cc3c4c5ccccc5c(-c5ccc6c7ccccc7n(-c7nc(-c8ccccc8)cc(-c8ccccc8)n7)c6c5)cc4n(-c4ccccc4)c3cc21. The third-order valence-corrected chi connectivity index (χ3v) is 13.5. The van der Waals surface area contributed by atoms with Gasteiger partial charge >= 0.3 is 0 Å². The Balaban J connectivity index is 1.10. The molecule has 1 aliphatic rings. The van der Waals surface area contributed by atoms with Crippen LogP contribution in [0.5, 0.6) is 0 Å². The van der Waals surface area contributed by atoms with Gasteiger partial charge in [0.15, 0.2) is 0 Å². The molecule has 0 bridgehead atoms. The average Bonchev–Trinajstić information content (AvgIpc) is 3.93. The number of hydrogen-bond donors (Lipinski definition) is 0. The predicted molar refractivity (Wildman–Crippen MR) is 262 cm³/mol. The van der Waals surface area contributed by atoms with Crippen LogP contribution in [0.25, 0.3) is 111 Å². The summed E-state index contributed by atoms with van der Waals surface area (Å²) < 4.78 is 4.75. The van der Waals surface area contributed by atoms with Crippen molar-refractivity contribution in [3.63, 3.8) is 0 Å². The van der Waals surface area contributed by atoms with Crippen LogP contribution in [-0.2, 0) is 5.41 Å². The number of nitrogens with zero attached hydrogens (tertiary/aromatic N) is 4. The van der Waals surface area contributed by atoms with Gasteiger partial charge in [0.1, 0.15) is 0 Å². The van der Waals surface area contributed by atoms with Gasteiger partial charge in [-0.25, -0.2) is 9.97 Å². The Bertz CT molecular complexity index is 3740. The molecule has 1 aliphatic carbocycles. The van der Waals surface area contributed by atoms with Gasteiger partial charge < -0.3 is 4.57 Å². The maximum Gasteiger partial charge on any atom is 0.235 e. The molecule has 0 radical (unpaired) electrons. The van der Waals surface area contributed by atoms with E-state index in [4.69, 9.17) is 9.97 Å². The van der Waals surface area contributed by atoms with Crippen molar-refractivity contribution in [1.82, 2.24) is 19.1 Å². The molecule has 4 heteroatoms. The van der Waals surface area contributed by atoms with Gasteiger partial charge in [-0.05, 0) is 92.7 Å². The van der Waals surface area contributed by atoms with Crippen molar-refractivity contribution in [2.45, 2.75) is 19.3 Å². The van der Waals surface area contributed by atoms with Crippen molar-refractivity contribution >= 4 is 54.4 Å². The highest BCUT2D eigenvalue weighted by Gasteiger charge is 2.36. The summed E-state index contributed by atoms with van der Waals surface area (Å²) in [6.45, 7) is 4.74. The maximum absolute atomic E-state index is 5.33. The summed E-state index contributed by atoms with van der Waals surface area (Å²) in [6, 6.07) is 74.7. The van der Waals surface area contributed by atoms with Crippen LogP contribution in [0.3, 0.4) is 0 Å². The third kappa shape index (κ3) is 5.28. The first-order valence-electron chi connectivity index (χ1n) is 21.7. The molecule has 0 spiro atoms. The summed E-state index contributed by atoms with van der Waals surface area (Å²) in [7, 11) is 0. The van der Waals surface area contributed by atoms with Crippen LogP contribution in [0, 0.1) is 0 Å². The molecule has 0 N–H and O–H groups in total. The minimum absolute atomic E-state index is 0.120. The molecule has 0 saturated carbocycles. The number of fused-ring (bicyclic) bond motifs is 11. The fraction of sp³-hybridized carbons (Fsp3) is 0.0508. The average molecular weight is 805 g/mol. The molecule has 4 nitrogen and oxygen atoms in total. The van der Waals surface area contributed by atoms with Gasteiger partial charge in [-0.15, -0.1) is 0 Å². The quantitative estimate of drug-likeness (QED) is 0.174. The third-order valence-electron chi connectivity index (χ3n) is 13.5. The largest absolute Gasteiger partial charge is 0.309 e. The summed E-state index contributed by atoms with van der Waals surface area (Å²) in [6.07, 6.45) is 0. The lowest BCUT2D eigenvalue weighted by Gasteiger charge is -2.21. The summed E-state index contributed by atoms with van der Waals surface area (Å²) in [5.74, 6) is 0.639. The minimum atomic E-state index is -0.120. The molecular weight excluding hydrogens is 765 g/mol. The summed E-state index contributed by atoms with van der Waals surface area (Å²) in [5, 5.41) is 7.31. The highest BCUT2D eigenvalue weighted by Crippen LogP contribution is 2.52. The van der Waals surface area contributed by atoms with Crippen molar-refractivity contribution in [2.75, 3.05) is 0 Å². The van der Waals surface area contributed by atoms with E-state index in [9.17, 15) is 0 Å². The van der Waals surface area contributed by atoms with E-state index in [1.165, 1.54) is 60.4 Å². The fourth-order valence-electron chi connectivity index (χ4n) is 10.6. The molecule has 0 amide bonds. The van der Waals surface area contributed by atoms with E-state index < -0.39 is 0 Å². The molecule has 0 atom stereocenters. The van der Waals surface area contributed by atoms with Gasteiger partial charge in [0, 0.05) is 43.8 Å². The van der Waals surface area contributed by atoms with Crippen LogP contribution >= 0.6 is 0 Å². The van der Waals surface area contributed by atoms with Crippen LogP contribution in [0.1, 0.15) is 25.0 Å². The van der Waals surface area contributed by atoms with Gasteiger partial charge in [-0.1, -0.05) is 172 Å². The maximum atomic E-state index is 5.33. The molecule has 63 heavy (non-hydrogen) atoms. The van der Waals surface area contributed by atoms with E-state index in [0.717, 1.165) is 55.6 Å². The second kappa shape index (κ2) is 13.5. The monoisotopic (exact) mass is 804 g/mol. The van der Waals surface area contributed by atoms with E-state index >= 15 is 0 Å². The normalized spacial score (nSPS) is 13.0. The first-order chi connectivity index (χ1) is 31.0. The van der Waals surface area contributed by atoms with Gasteiger partial charge in [-0.3, -0.25) is 4.57 Å². The highest BCUT2D eigenvalue weighted by molar-refractivity contribution is 6.25. The molecular formula is C59H40N4. The molecule has 13 rings (SSSR count). The van der Waals surface area contributed by atoms with Crippen LogP contribution in [0.15, 0.2) is 206 Å². The van der Waals surface area contributed by atoms with Crippen molar-refractivity contribution in [2.24, 2.45) is 0 Å². The van der Waals surface area contributed by atoms with Crippen LogP contribution in [0.4, 0.5) is 0 Å². The van der Waals surface area contributed by atoms with Crippen LogP contribution < -0.4 is 0 Å². The van der Waals surface area contributed by atoms with Gasteiger partial charge in [0.25, 0.3) is 0 Å². The molecule has 0 unspecified atom stereocenters. The van der Waals surface area contributed by atoms with Crippen molar-refractivity contribution < 1.29 is 0 Å². The lowest BCUT2D eigenvalue weighted by Crippen LogP contribution is -2.14. The number of aromatic nitrogens is 4. The standard InChI is InChI=1S/C59H40N4/c1-59(2)49-28-16-14-25-42(49)47-33-48-55(35-50(47)59)62(40-22-10-5-11-23-40)56-34-46(41-24-12-13-27-45(41)57(48)56)39-30-31-44-43-26-15-17-29-53(43)63(54(44)32-39)58-60-51(37-18-6-3-7-19-37)36-52(61-58)38-20-8-4-9-21-38/h3-36H,1-2H3. The minimum Gasteiger partial charge on any atom is -0.309 e. The lowest BCUT2D eigenvalue weighted by atomic mass is 9.82. The topological polar surface area (TPSA) is 35.6 Å². The van der Waals surface area contributed by atoms with Crippen molar-refractivity contribution in [1.29, 1.82) is 0 Å². The Labute approximate surface area is 365 Å². The Morgan fingerprint density at radius 1 is 0.349 bits per heavy atom. The smallest absolute Gasteiger partial charge is 0.235 e.